The van der Waals surface area contributed by atoms with E-state index in [2.05, 4.69) is 5.32 Å². The van der Waals surface area contributed by atoms with Crippen molar-refractivity contribution in [2.45, 2.75) is 17.7 Å². The van der Waals surface area contributed by atoms with E-state index in [0.29, 0.717) is 13.1 Å². The Bertz CT molecular complexity index is 1040. The Hall–Kier alpha value is -2.49. The summed E-state index contributed by atoms with van der Waals surface area (Å²) in [5.41, 5.74) is 0.0493. The first-order valence-corrected chi connectivity index (χ1v) is 10.6. The molecule has 0 radical (unpaired) electrons. The average molecular weight is 441 g/mol. The summed E-state index contributed by atoms with van der Waals surface area (Å²) in [7, 11) is -3.74. The minimum Gasteiger partial charge on any atom is -0.452 e. The SMILES string of the molecule is O=C(COC(=O)c1cc(S(=O)(=O)N2CCCC2)ccc1Cl)Nc1cccc(F)c1. The van der Waals surface area contributed by atoms with Gasteiger partial charge in [-0.3, -0.25) is 4.79 Å². The van der Waals surface area contributed by atoms with E-state index in [4.69, 9.17) is 16.3 Å². The third-order valence-electron chi connectivity index (χ3n) is 4.30. The summed E-state index contributed by atoms with van der Waals surface area (Å²) < 4.78 is 44.7. The van der Waals surface area contributed by atoms with Gasteiger partial charge in [0.05, 0.1) is 15.5 Å². The highest BCUT2D eigenvalue weighted by Crippen LogP contribution is 2.25. The van der Waals surface area contributed by atoms with Gasteiger partial charge in [-0.1, -0.05) is 17.7 Å². The van der Waals surface area contributed by atoms with Crippen molar-refractivity contribution in [2.75, 3.05) is 25.0 Å². The zero-order chi connectivity index (χ0) is 21.0. The molecule has 1 N–H and O–H groups in total. The van der Waals surface area contributed by atoms with E-state index in [1.165, 1.54) is 34.6 Å². The van der Waals surface area contributed by atoms with Gasteiger partial charge < -0.3 is 10.1 Å². The lowest BCUT2D eigenvalue weighted by Gasteiger charge is -2.16. The number of ether oxygens (including phenoxy) is 1. The number of amides is 1. The summed E-state index contributed by atoms with van der Waals surface area (Å²) in [5, 5.41) is 2.39. The van der Waals surface area contributed by atoms with Gasteiger partial charge in [-0.25, -0.2) is 17.6 Å². The molecule has 0 atom stereocenters. The van der Waals surface area contributed by atoms with Crippen LogP contribution in [0.4, 0.5) is 10.1 Å². The van der Waals surface area contributed by atoms with Crippen LogP contribution in [0.2, 0.25) is 5.02 Å². The lowest BCUT2D eigenvalue weighted by Crippen LogP contribution is -2.28. The van der Waals surface area contributed by atoms with E-state index in [0.717, 1.165) is 25.0 Å². The molecule has 1 heterocycles. The number of carbonyl (C=O) groups excluding carboxylic acids is 2. The third kappa shape index (κ3) is 5.11. The summed E-state index contributed by atoms with van der Waals surface area (Å²) in [4.78, 5) is 24.2. The predicted octanol–water partition coefficient (Wildman–Crippen LogP) is 3.06. The molecule has 7 nitrogen and oxygen atoms in total. The number of esters is 1. The van der Waals surface area contributed by atoms with Gasteiger partial charge in [0.1, 0.15) is 5.82 Å². The van der Waals surface area contributed by atoms with Crippen LogP contribution < -0.4 is 5.32 Å². The van der Waals surface area contributed by atoms with Gasteiger partial charge in [0.25, 0.3) is 5.91 Å². The van der Waals surface area contributed by atoms with Crippen LogP contribution in [-0.2, 0) is 19.6 Å². The van der Waals surface area contributed by atoms with Crippen molar-refractivity contribution in [3.8, 4) is 0 Å². The van der Waals surface area contributed by atoms with E-state index < -0.39 is 34.3 Å². The first-order valence-electron chi connectivity index (χ1n) is 8.79. The van der Waals surface area contributed by atoms with E-state index in [9.17, 15) is 22.4 Å². The molecule has 0 spiro atoms. The lowest BCUT2D eigenvalue weighted by molar-refractivity contribution is -0.119. The minimum atomic E-state index is -3.74. The van der Waals surface area contributed by atoms with Gasteiger partial charge in [-0.15, -0.1) is 0 Å². The van der Waals surface area contributed by atoms with Gasteiger partial charge in [0.15, 0.2) is 6.61 Å². The molecule has 0 aromatic heterocycles. The summed E-state index contributed by atoms with van der Waals surface area (Å²) >= 11 is 6.01. The van der Waals surface area contributed by atoms with Crippen molar-refractivity contribution in [3.05, 3.63) is 58.9 Å². The van der Waals surface area contributed by atoms with Gasteiger partial charge in [-0.2, -0.15) is 4.31 Å². The Balaban J connectivity index is 1.68. The van der Waals surface area contributed by atoms with Gasteiger partial charge in [0.2, 0.25) is 10.0 Å². The van der Waals surface area contributed by atoms with Gasteiger partial charge in [0, 0.05) is 18.8 Å². The standard InChI is InChI=1S/C19H18ClFN2O5S/c20-17-7-6-15(29(26,27)23-8-1-2-9-23)11-16(17)19(25)28-12-18(24)22-14-5-3-4-13(21)10-14/h3-7,10-11H,1-2,8-9,12H2,(H,22,24). The first-order chi connectivity index (χ1) is 13.8. The molecule has 0 saturated carbocycles. The normalized spacial score (nSPS) is 14.6. The quantitative estimate of drug-likeness (QED) is 0.697. The Morgan fingerprint density at radius 3 is 2.55 bits per heavy atom. The number of nitrogens with zero attached hydrogens (tertiary/aromatic N) is 1. The van der Waals surface area contributed by atoms with E-state index in [-0.39, 0.29) is 21.2 Å². The van der Waals surface area contributed by atoms with Crippen LogP contribution in [0.25, 0.3) is 0 Å². The summed E-state index contributed by atoms with van der Waals surface area (Å²) in [6, 6.07) is 9.00. The van der Waals surface area contributed by atoms with E-state index in [1.54, 1.807) is 0 Å². The second kappa shape index (κ2) is 8.89. The Morgan fingerprint density at radius 1 is 1.14 bits per heavy atom. The number of halogens is 2. The zero-order valence-corrected chi connectivity index (χ0v) is 16.8. The number of nitrogens with one attached hydrogen (secondary N) is 1. The average Bonchev–Trinajstić information content (AvgIpc) is 3.22. The summed E-state index contributed by atoms with van der Waals surface area (Å²) in [6.07, 6.45) is 1.56. The Kier molecular flexibility index (Phi) is 6.51. The summed E-state index contributed by atoms with van der Waals surface area (Å²) in [6.45, 7) is 0.199. The molecule has 0 bridgehead atoms. The fourth-order valence-electron chi connectivity index (χ4n) is 2.87. The number of hydrogen-bond acceptors (Lipinski definition) is 5. The maximum Gasteiger partial charge on any atom is 0.340 e. The van der Waals surface area contributed by atoms with Gasteiger partial charge >= 0.3 is 5.97 Å². The van der Waals surface area contributed by atoms with Crippen molar-refractivity contribution in [1.29, 1.82) is 0 Å². The van der Waals surface area contributed by atoms with Crippen LogP contribution >= 0.6 is 11.6 Å². The van der Waals surface area contributed by atoms with Crippen LogP contribution in [0.3, 0.4) is 0 Å². The minimum absolute atomic E-state index is 0.000843. The van der Waals surface area contributed by atoms with Crippen LogP contribution in [0.15, 0.2) is 47.4 Å². The fraction of sp³-hybridized carbons (Fsp3) is 0.263. The van der Waals surface area contributed by atoms with Crippen LogP contribution in [0, 0.1) is 5.82 Å². The molecule has 2 aromatic rings. The van der Waals surface area contributed by atoms with Crippen LogP contribution in [0.5, 0.6) is 0 Å². The van der Waals surface area contributed by atoms with E-state index in [1.807, 2.05) is 0 Å². The molecule has 0 unspecified atom stereocenters. The number of benzene rings is 2. The molecule has 10 heteroatoms. The smallest absolute Gasteiger partial charge is 0.340 e. The predicted molar refractivity (Wildman–Crippen MR) is 105 cm³/mol. The molecule has 154 valence electrons. The second-order valence-corrected chi connectivity index (χ2v) is 8.73. The zero-order valence-electron chi connectivity index (χ0n) is 15.2. The molecule has 2 aromatic carbocycles. The van der Waals surface area contributed by atoms with Crippen molar-refractivity contribution in [2.24, 2.45) is 0 Å². The molecule has 29 heavy (non-hydrogen) atoms. The number of hydrogen-bond donors (Lipinski definition) is 1. The summed E-state index contributed by atoms with van der Waals surface area (Å²) in [5.74, 6) is -2.15. The van der Waals surface area contributed by atoms with Crippen molar-refractivity contribution < 1.29 is 27.1 Å². The van der Waals surface area contributed by atoms with Crippen molar-refractivity contribution >= 4 is 39.2 Å². The molecule has 1 saturated heterocycles. The maximum absolute atomic E-state index is 13.1. The Morgan fingerprint density at radius 2 is 1.86 bits per heavy atom. The molecular formula is C19H18ClFN2O5S. The highest BCUT2D eigenvalue weighted by atomic mass is 35.5. The van der Waals surface area contributed by atoms with E-state index >= 15 is 0 Å². The van der Waals surface area contributed by atoms with Crippen molar-refractivity contribution in [1.82, 2.24) is 4.31 Å². The number of anilines is 1. The van der Waals surface area contributed by atoms with Crippen LogP contribution in [0.1, 0.15) is 23.2 Å². The first kappa shape index (κ1) is 21.2. The molecule has 1 amide bonds. The maximum atomic E-state index is 13.1. The fourth-order valence-corrected chi connectivity index (χ4v) is 4.61. The van der Waals surface area contributed by atoms with Gasteiger partial charge in [-0.05, 0) is 49.2 Å². The largest absolute Gasteiger partial charge is 0.452 e. The highest BCUT2D eigenvalue weighted by molar-refractivity contribution is 7.89. The number of rotatable bonds is 6. The Labute approximate surface area is 172 Å². The van der Waals surface area contributed by atoms with Crippen molar-refractivity contribution in [3.63, 3.8) is 0 Å². The molecular weight excluding hydrogens is 423 g/mol. The lowest BCUT2D eigenvalue weighted by atomic mass is 10.2. The topological polar surface area (TPSA) is 92.8 Å². The second-order valence-electron chi connectivity index (χ2n) is 6.39. The monoisotopic (exact) mass is 440 g/mol. The number of sulfonamides is 1. The van der Waals surface area contributed by atoms with Crippen LogP contribution in [-0.4, -0.2) is 44.3 Å². The molecule has 1 fully saturated rings. The number of carbonyl (C=O) groups is 2. The molecule has 1 aliphatic heterocycles. The molecule has 1 aliphatic rings. The molecule has 0 aliphatic carbocycles. The highest BCUT2D eigenvalue weighted by Gasteiger charge is 2.28. The molecule has 3 rings (SSSR count). The third-order valence-corrected chi connectivity index (χ3v) is 6.53.